The van der Waals surface area contributed by atoms with E-state index in [1.54, 1.807) is 0 Å². The standard InChI is InChI=1S/C21H27N3O2/c22-19(25)11-10-14-5-4-12-24(13-14)21(26)17-8-3-7-16-15-6-1-2-9-18(15)23-20(16)17/h3,7-8,14,23H,1-2,4-6,9-13H2,(H2,22,25). The van der Waals surface area contributed by atoms with Crippen LogP contribution in [0.5, 0.6) is 0 Å². The van der Waals surface area contributed by atoms with Gasteiger partial charge in [0.05, 0.1) is 11.1 Å². The van der Waals surface area contributed by atoms with Crippen LogP contribution in [-0.4, -0.2) is 34.8 Å². The maximum Gasteiger partial charge on any atom is 0.255 e. The van der Waals surface area contributed by atoms with Crippen LogP contribution in [0, 0.1) is 5.92 Å². The molecule has 138 valence electrons. The van der Waals surface area contributed by atoms with Crippen LogP contribution < -0.4 is 5.73 Å². The number of aryl methyl sites for hydroxylation is 2. The minimum Gasteiger partial charge on any atom is -0.370 e. The van der Waals surface area contributed by atoms with E-state index in [4.69, 9.17) is 5.73 Å². The third-order valence-corrected chi connectivity index (χ3v) is 5.97. The molecule has 3 N–H and O–H groups in total. The zero-order valence-corrected chi connectivity index (χ0v) is 15.2. The van der Waals surface area contributed by atoms with Crippen LogP contribution in [-0.2, 0) is 17.6 Å². The van der Waals surface area contributed by atoms with E-state index in [-0.39, 0.29) is 11.8 Å². The Kier molecular flexibility index (Phi) is 4.70. The summed E-state index contributed by atoms with van der Waals surface area (Å²) in [5, 5.41) is 1.22. The maximum absolute atomic E-state index is 13.2. The quantitative estimate of drug-likeness (QED) is 0.885. The highest BCUT2D eigenvalue weighted by molar-refractivity contribution is 6.06. The Morgan fingerprint density at radius 1 is 1.19 bits per heavy atom. The van der Waals surface area contributed by atoms with Crippen molar-refractivity contribution >= 4 is 22.7 Å². The average molecular weight is 353 g/mol. The van der Waals surface area contributed by atoms with Crippen molar-refractivity contribution < 1.29 is 9.59 Å². The van der Waals surface area contributed by atoms with Crippen molar-refractivity contribution in [2.45, 2.75) is 51.4 Å². The van der Waals surface area contributed by atoms with Crippen molar-refractivity contribution in [1.82, 2.24) is 9.88 Å². The van der Waals surface area contributed by atoms with Gasteiger partial charge in [-0.3, -0.25) is 9.59 Å². The van der Waals surface area contributed by atoms with Crippen LogP contribution in [0.15, 0.2) is 18.2 Å². The number of likely N-dealkylation sites (tertiary alicyclic amines) is 1. The van der Waals surface area contributed by atoms with Gasteiger partial charge in [-0.15, -0.1) is 0 Å². The molecule has 5 nitrogen and oxygen atoms in total. The molecular weight excluding hydrogens is 326 g/mol. The highest BCUT2D eigenvalue weighted by Crippen LogP contribution is 2.32. The molecule has 1 aliphatic heterocycles. The third-order valence-electron chi connectivity index (χ3n) is 5.97. The Morgan fingerprint density at radius 2 is 2.04 bits per heavy atom. The Bertz CT molecular complexity index is 839. The number of rotatable bonds is 4. The van der Waals surface area contributed by atoms with E-state index in [2.05, 4.69) is 11.1 Å². The minimum absolute atomic E-state index is 0.109. The summed E-state index contributed by atoms with van der Waals surface area (Å²) in [6.45, 7) is 1.52. The molecule has 1 aliphatic carbocycles. The van der Waals surface area contributed by atoms with Crippen LogP contribution in [0.4, 0.5) is 0 Å². The zero-order chi connectivity index (χ0) is 18.1. The van der Waals surface area contributed by atoms with Crippen molar-refractivity contribution in [2.75, 3.05) is 13.1 Å². The van der Waals surface area contributed by atoms with Crippen molar-refractivity contribution in [3.63, 3.8) is 0 Å². The summed E-state index contributed by atoms with van der Waals surface area (Å²) in [6.07, 6.45) is 7.88. The van der Waals surface area contributed by atoms with Gasteiger partial charge in [-0.2, -0.15) is 0 Å². The minimum atomic E-state index is -0.254. The lowest BCUT2D eigenvalue weighted by molar-refractivity contribution is -0.118. The molecule has 1 atom stereocenters. The summed E-state index contributed by atoms with van der Waals surface area (Å²) in [6, 6.07) is 6.09. The Morgan fingerprint density at radius 3 is 2.88 bits per heavy atom. The molecule has 26 heavy (non-hydrogen) atoms. The predicted octanol–water partition coefficient (Wildman–Crippen LogP) is 3.16. The van der Waals surface area contributed by atoms with Crippen molar-refractivity contribution in [2.24, 2.45) is 11.7 Å². The van der Waals surface area contributed by atoms with Crippen LogP contribution in [0.2, 0.25) is 0 Å². The second kappa shape index (κ2) is 7.14. The van der Waals surface area contributed by atoms with Crippen molar-refractivity contribution in [1.29, 1.82) is 0 Å². The van der Waals surface area contributed by atoms with Gasteiger partial charge in [0, 0.05) is 30.6 Å². The van der Waals surface area contributed by atoms with Gasteiger partial charge in [0.25, 0.3) is 5.91 Å². The molecule has 1 aromatic heterocycles. The molecule has 0 radical (unpaired) electrons. The highest BCUT2D eigenvalue weighted by atomic mass is 16.2. The fourth-order valence-electron chi connectivity index (χ4n) is 4.61. The molecule has 0 saturated carbocycles. The second-order valence-electron chi connectivity index (χ2n) is 7.78. The van der Waals surface area contributed by atoms with E-state index in [9.17, 15) is 9.59 Å². The molecule has 0 spiro atoms. The number of hydrogen-bond acceptors (Lipinski definition) is 2. The number of H-pyrrole nitrogens is 1. The monoisotopic (exact) mass is 353 g/mol. The molecule has 1 aromatic carbocycles. The number of primary amides is 1. The van der Waals surface area contributed by atoms with E-state index in [0.717, 1.165) is 56.3 Å². The molecule has 1 fully saturated rings. The maximum atomic E-state index is 13.2. The fraction of sp³-hybridized carbons (Fsp3) is 0.524. The predicted molar refractivity (Wildman–Crippen MR) is 102 cm³/mol. The topological polar surface area (TPSA) is 79.2 Å². The van der Waals surface area contributed by atoms with Gasteiger partial charge in [-0.05, 0) is 62.5 Å². The summed E-state index contributed by atoms with van der Waals surface area (Å²) in [5.41, 5.74) is 9.78. The number of hydrogen-bond donors (Lipinski definition) is 2. The number of carbonyl (C=O) groups excluding carboxylic acids is 2. The molecule has 2 heterocycles. The van der Waals surface area contributed by atoms with Gasteiger partial charge in [-0.25, -0.2) is 0 Å². The first-order valence-corrected chi connectivity index (χ1v) is 9.83. The lowest BCUT2D eigenvalue weighted by Crippen LogP contribution is -2.40. The van der Waals surface area contributed by atoms with Gasteiger partial charge in [0.1, 0.15) is 0 Å². The fourth-order valence-corrected chi connectivity index (χ4v) is 4.61. The molecule has 0 bridgehead atoms. The van der Waals surface area contributed by atoms with Gasteiger partial charge < -0.3 is 15.6 Å². The number of fused-ring (bicyclic) bond motifs is 3. The number of nitrogens with two attached hydrogens (primary N) is 1. The molecule has 5 heteroatoms. The first-order chi connectivity index (χ1) is 12.6. The smallest absolute Gasteiger partial charge is 0.255 e. The number of benzene rings is 1. The van der Waals surface area contributed by atoms with Crippen molar-refractivity contribution in [3.05, 3.63) is 35.0 Å². The SMILES string of the molecule is NC(=O)CCC1CCCN(C(=O)c2cccc3c4c([nH]c23)CCCC4)C1. The van der Waals surface area contributed by atoms with Crippen LogP contribution in [0.25, 0.3) is 10.9 Å². The molecule has 1 saturated heterocycles. The summed E-state index contributed by atoms with van der Waals surface area (Å²) in [5.74, 6) is 0.226. The number of nitrogens with one attached hydrogen (secondary N) is 1. The molecule has 1 unspecified atom stereocenters. The van der Waals surface area contributed by atoms with Gasteiger partial charge in [0.2, 0.25) is 5.91 Å². The summed E-state index contributed by atoms with van der Waals surface area (Å²) >= 11 is 0. The molecule has 4 rings (SSSR count). The summed E-state index contributed by atoms with van der Waals surface area (Å²) in [4.78, 5) is 29.8. The number of carbonyl (C=O) groups is 2. The third kappa shape index (κ3) is 3.22. The van der Waals surface area contributed by atoms with Crippen LogP contribution in [0.1, 0.15) is 60.1 Å². The zero-order valence-electron chi connectivity index (χ0n) is 15.2. The first-order valence-electron chi connectivity index (χ1n) is 9.83. The number of piperidine rings is 1. The summed E-state index contributed by atoms with van der Waals surface area (Å²) < 4.78 is 0. The van der Waals surface area contributed by atoms with E-state index in [1.807, 2.05) is 17.0 Å². The van der Waals surface area contributed by atoms with Gasteiger partial charge in [-0.1, -0.05) is 12.1 Å². The Labute approximate surface area is 153 Å². The van der Waals surface area contributed by atoms with Gasteiger partial charge >= 0.3 is 0 Å². The Balaban J connectivity index is 1.58. The van der Waals surface area contributed by atoms with Crippen LogP contribution >= 0.6 is 0 Å². The molecule has 2 aromatic rings. The number of amides is 2. The van der Waals surface area contributed by atoms with Crippen molar-refractivity contribution in [3.8, 4) is 0 Å². The normalized spacial score (nSPS) is 20.2. The van der Waals surface area contributed by atoms with Crippen LogP contribution in [0.3, 0.4) is 0 Å². The lowest BCUT2D eigenvalue weighted by Gasteiger charge is -2.33. The number of aromatic amines is 1. The molecular formula is C21H27N3O2. The number of para-hydroxylation sites is 1. The average Bonchev–Trinajstić information content (AvgIpc) is 3.05. The van der Waals surface area contributed by atoms with Gasteiger partial charge in [0.15, 0.2) is 0 Å². The molecule has 2 amide bonds. The van der Waals surface area contributed by atoms with E-state index in [1.165, 1.54) is 29.5 Å². The van der Waals surface area contributed by atoms with E-state index < -0.39 is 0 Å². The number of aromatic nitrogens is 1. The lowest BCUT2D eigenvalue weighted by atomic mass is 9.92. The molecule has 2 aliphatic rings. The Hall–Kier alpha value is -2.30. The van der Waals surface area contributed by atoms with E-state index in [0.29, 0.717) is 12.3 Å². The highest BCUT2D eigenvalue weighted by Gasteiger charge is 2.27. The van der Waals surface area contributed by atoms with E-state index >= 15 is 0 Å². The largest absolute Gasteiger partial charge is 0.370 e. The first kappa shape index (κ1) is 17.1. The second-order valence-corrected chi connectivity index (χ2v) is 7.78. The number of nitrogens with zero attached hydrogens (tertiary/aromatic N) is 1. The summed E-state index contributed by atoms with van der Waals surface area (Å²) in [7, 11) is 0.